The molecule has 0 fully saturated rings. The number of halogens is 3. The Labute approximate surface area is 126 Å². The summed E-state index contributed by atoms with van der Waals surface area (Å²) in [6.45, 7) is 1.83. The van der Waals surface area contributed by atoms with Crippen LogP contribution in [-0.2, 0) is 7.05 Å². The monoisotopic (exact) mass is 389 g/mol. The van der Waals surface area contributed by atoms with Gasteiger partial charge in [0.15, 0.2) is 5.69 Å². The number of carbonyl (C=O) groups excluding carboxylic acids is 1. The van der Waals surface area contributed by atoms with Crippen LogP contribution in [0.1, 0.15) is 16.2 Å². The van der Waals surface area contributed by atoms with Crippen LogP contribution in [0.2, 0.25) is 0 Å². The number of carbonyl (C=O) groups is 1. The van der Waals surface area contributed by atoms with Crippen LogP contribution in [0.15, 0.2) is 27.1 Å². The Bertz CT molecular complexity index is 655. The fourth-order valence-corrected chi connectivity index (χ4v) is 2.35. The molecule has 2 aromatic rings. The molecule has 4 nitrogen and oxygen atoms in total. The number of amides is 1. The zero-order valence-corrected chi connectivity index (χ0v) is 13.3. The zero-order chi connectivity index (χ0) is 14.2. The highest BCUT2D eigenvalue weighted by Crippen LogP contribution is 2.23. The minimum Gasteiger partial charge on any atom is -0.318 e. The summed E-state index contributed by atoms with van der Waals surface area (Å²) in [7, 11) is 1.73. The van der Waals surface area contributed by atoms with Gasteiger partial charge in [-0.15, -0.1) is 0 Å². The molecule has 1 aromatic heterocycles. The third kappa shape index (κ3) is 2.87. The fraction of sp³-hybridized carbons (Fsp3) is 0.167. The third-order valence-corrected chi connectivity index (χ3v) is 4.10. The predicted octanol–water partition coefficient (Wildman–Crippen LogP) is 3.64. The second kappa shape index (κ2) is 5.42. The Hall–Kier alpha value is -1.21. The number of rotatable bonds is 2. The topological polar surface area (TPSA) is 46.9 Å². The number of nitrogens with one attached hydrogen (secondary N) is 1. The van der Waals surface area contributed by atoms with Crippen LogP contribution in [0.5, 0.6) is 0 Å². The molecule has 0 aliphatic heterocycles. The molecular weight excluding hydrogens is 381 g/mol. The zero-order valence-electron chi connectivity index (χ0n) is 10.2. The highest BCUT2D eigenvalue weighted by Gasteiger charge is 2.18. The molecule has 0 spiro atoms. The van der Waals surface area contributed by atoms with Gasteiger partial charge in [0.2, 0.25) is 0 Å². The average Bonchev–Trinajstić information content (AvgIpc) is 2.60. The van der Waals surface area contributed by atoms with Gasteiger partial charge < -0.3 is 5.32 Å². The molecule has 0 saturated heterocycles. The molecule has 0 saturated carbocycles. The van der Waals surface area contributed by atoms with E-state index in [1.54, 1.807) is 17.8 Å². The van der Waals surface area contributed by atoms with Crippen molar-refractivity contribution < 1.29 is 9.18 Å². The van der Waals surface area contributed by atoms with E-state index in [1.807, 2.05) is 6.92 Å². The lowest BCUT2D eigenvalue weighted by atomic mass is 10.3. The van der Waals surface area contributed by atoms with Crippen molar-refractivity contribution in [3.8, 4) is 0 Å². The molecule has 19 heavy (non-hydrogen) atoms. The van der Waals surface area contributed by atoms with E-state index in [4.69, 9.17) is 0 Å². The van der Waals surface area contributed by atoms with E-state index in [0.29, 0.717) is 8.95 Å². The van der Waals surface area contributed by atoms with Gasteiger partial charge >= 0.3 is 0 Å². The number of nitrogens with zero attached hydrogens (tertiary/aromatic N) is 2. The van der Waals surface area contributed by atoms with Gasteiger partial charge in [-0.2, -0.15) is 5.10 Å². The summed E-state index contributed by atoms with van der Waals surface area (Å²) < 4.78 is 16.4. The third-order valence-electron chi connectivity index (χ3n) is 2.66. The Morgan fingerprint density at radius 2 is 2.11 bits per heavy atom. The number of aryl methyl sites for hydroxylation is 1. The normalized spacial score (nSPS) is 10.6. The molecule has 0 aliphatic rings. The molecule has 1 N–H and O–H groups in total. The van der Waals surface area contributed by atoms with Crippen LogP contribution in [0.4, 0.5) is 10.1 Å². The second-order valence-corrected chi connectivity index (χ2v) is 5.66. The predicted molar refractivity (Wildman–Crippen MR) is 77.7 cm³/mol. The summed E-state index contributed by atoms with van der Waals surface area (Å²) in [6.07, 6.45) is 0. The molecule has 0 bridgehead atoms. The molecule has 0 aliphatic carbocycles. The highest BCUT2D eigenvalue weighted by molar-refractivity contribution is 9.10. The molecule has 0 unspecified atom stereocenters. The van der Waals surface area contributed by atoms with Crippen molar-refractivity contribution >= 4 is 43.5 Å². The quantitative estimate of drug-likeness (QED) is 0.850. The van der Waals surface area contributed by atoms with Gasteiger partial charge in [-0.25, -0.2) is 4.39 Å². The number of hydrogen-bond donors (Lipinski definition) is 1. The number of anilines is 1. The highest BCUT2D eigenvalue weighted by atomic mass is 79.9. The summed E-state index contributed by atoms with van der Waals surface area (Å²) in [4.78, 5) is 12.0. The lowest BCUT2D eigenvalue weighted by molar-refractivity contribution is 0.102. The van der Waals surface area contributed by atoms with Crippen LogP contribution >= 0.6 is 31.9 Å². The Kier molecular flexibility index (Phi) is 4.05. The number of benzene rings is 1. The maximum absolute atomic E-state index is 13.6. The summed E-state index contributed by atoms with van der Waals surface area (Å²) in [5.74, 6) is -0.969. The molecule has 100 valence electrons. The Morgan fingerprint density at radius 1 is 1.42 bits per heavy atom. The maximum Gasteiger partial charge on any atom is 0.277 e. The van der Waals surface area contributed by atoms with Gasteiger partial charge in [-0.3, -0.25) is 9.48 Å². The van der Waals surface area contributed by atoms with Crippen LogP contribution in [0, 0.1) is 12.7 Å². The smallest absolute Gasteiger partial charge is 0.277 e. The van der Waals surface area contributed by atoms with Gasteiger partial charge in [0.25, 0.3) is 5.91 Å². The van der Waals surface area contributed by atoms with Crippen molar-refractivity contribution in [3.05, 3.63) is 44.3 Å². The van der Waals surface area contributed by atoms with Crippen molar-refractivity contribution in [1.82, 2.24) is 9.78 Å². The SMILES string of the molecule is Cc1c(Br)c(C(=O)Nc2ccc(Br)cc2F)nn1C. The fourth-order valence-electron chi connectivity index (χ4n) is 1.50. The van der Waals surface area contributed by atoms with E-state index in [1.165, 1.54) is 12.1 Å². The summed E-state index contributed by atoms with van der Waals surface area (Å²) >= 11 is 6.46. The first-order valence-corrected chi connectivity index (χ1v) is 6.94. The second-order valence-electron chi connectivity index (χ2n) is 3.95. The molecule has 7 heteroatoms. The molecule has 1 amide bonds. The molecule has 0 radical (unpaired) electrons. The Morgan fingerprint density at radius 3 is 2.63 bits per heavy atom. The van der Waals surface area contributed by atoms with E-state index in [9.17, 15) is 9.18 Å². The minimum absolute atomic E-state index is 0.114. The van der Waals surface area contributed by atoms with Crippen molar-refractivity contribution in [2.24, 2.45) is 7.05 Å². The molecule has 1 heterocycles. The van der Waals surface area contributed by atoms with Crippen molar-refractivity contribution in [3.63, 3.8) is 0 Å². The summed E-state index contributed by atoms with van der Waals surface area (Å²) in [6, 6.07) is 4.42. The number of aromatic nitrogens is 2. The number of hydrogen-bond acceptors (Lipinski definition) is 2. The van der Waals surface area contributed by atoms with Crippen molar-refractivity contribution in [1.29, 1.82) is 0 Å². The van der Waals surface area contributed by atoms with E-state index >= 15 is 0 Å². The van der Waals surface area contributed by atoms with Crippen molar-refractivity contribution in [2.75, 3.05) is 5.32 Å². The van der Waals surface area contributed by atoms with Crippen LogP contribution in [0.25, 0.3) is 0 Å². The van der Waals surface area contributed by atoms with Crippen molar-refractivity contribution in [2.45, 2.75) is 6.92 Å². The maximum atomic E-state index is 13.6. The lowest BCUT2D eigenvalue weighted by Gasteiger charge is -2.05. The van der Waals surface area contributed by atoms with Gasteiger partial charge in [0, 0.05) is 11.5 Å². The van der Waals surface area contributed by atoms with E-state index in [2.05, 4.69) is 42.3 Å². The molecule has 0 atom stereocenters. The molecule has 2 rings (SSSR count). The van der Waals surface area contributed by atoms with Gasteiger partial charge in [0.05, 0.1) is 15.9 Å². The van der Waals surface area contributed by atoms with E-state index in [0.717, 1.165) is 5.69 Å². The van der Waals surface area contributed by atoms with E-state index in [-0.39, 0.29) is 11.4 Å². The van der Waals surface area contributed by atoms with Crippen LogP contribution < -0.4 is 5.32 Å². The van der Waals surface area contributed by atoms with Gasteiger partial charge in [-0.1, -0.05) is 15.9 Å². The first-order valence-electron chi connectivity index (χ1n) is 5.35. The van der Waals surface area contributed by atoms with E-state index < -0.39 is 11.7 Å². The van der Waals surface area contributed by atoms with Crippen LogP contribution in [0.3, 0.4) is 0 Å². The summed E-state index contributed by atoms with van der Waals surface area (Å²) in [5.41, 5.74) is 1.16. The summed E-state index contributed by atoms with van der Waals surface area (Å²) in [5, 5.41) is 6.57. The van der Waals surface area contributed by atoms with Gasteiger partial charge in [-0.05, 0) is 41.1 Å². The molecule has 1 aromatic carbocycles. The standard InChI is InChI=1S/C12H10Br2FN3O/c1-6-10(14)11(17-18(6)2)12(19)16-9-4-3-7(13)5-8(9)15/h3-5H,1-2H3,(H,16,19). The van der Waals surface area contributed by atoms with Gasteiger partial charge in [0.1, 0.15) is 5.82 Å². The Balaban J connectivity index is 2.28. The first kappa shape index (κ1) is 14.2. The first-order chi connectivity index (χ1) is 8.90. The molecular formula is C12H10Br2FN3O. The largest absolute Gasteiger partial charge is 0.318 e. The average molecular weight is 391 g/mol. The van der Waals surface area contributed by atoms with Crippen LogP contribution in [-0.4, -0.2) is 15.7 Å². The lowest BCUT2D eigenvalue weighted by Crippen LogP contribution is -2.14. The minimum atomic E-state index is -0.508.